The molecule has 1 amide bonds. The van der Waals surface area contributed by atoms with Gasteiger partial charge in [-0.15, -0.1) is 5.10 Å². The van der Waals surface area contributed by atoms with E-state index in [1.807, 2.05) is 20.8 Å². The minimum absolute atomic E-state index is 0.0465. The van der Waals surface area contributed by atoms with Crippen LogP contribution < -0.4 is 5.32 Å². The molecule has 29 heavy (non-hydrogen) atoms. The van der Waals surface area contributed by atoms with Gasteiger partial charge in [-0.05, 0) is 51.5 Å². The number of unbranched alkanes of at least 4 members (excludes halogenated alkanes) is 2. The number of carbonyl (C=O) groups is 3. The van der Waals surface area contributed by atoms with E-state index in [2.05, 4.69) is 22.6 Å². The van der Waals surface area contributed by atoms with Crippen LogP contribution in [0.3, 0.4) is 0 Å². The van der Waals surface area contributed by atoms with Crippen LogP contribution in [0, 0.1) is 0 Å². The molecule has 0 saturated carbocycles. The van der Waals surface area contributed by atoms with Crippen LogP contribution in [0.1, 0.15) is 74.2 Å². The molecule has 0 saturated heterocycles. The summed E-state index contributed by atoms with van der Waals surface area (Å²) in [5, 5.41) is 10.5. The molecule has 2 aromatic rings. The first kappa shape index (κ1) is 22.3. The first-order valence-electron chi connectivity index (χ1n) is 9.73. The summed E-state index contributed by atoms with van der Waals surface area (Å²) in [6.07, 6.45) is 4.90. The second kappa shape index (κ2) is 9.95. The highest BCUT2D eigenvalue weighted by atomic mass is 16.5. The van der Waals surface area contributed by atoms with E-state index in [-0.39, 0.29) is 22.9 Å². The van der Waals surface area contributed by atoms with Crippen LogP contribution >= 0.6 is 0 Å². The van der Waals surface area contributed by atoms with Crippen molar-refractivity contribution in [3.05, 3.63) is 41.7 Å². The average Bonchev–Trinajstić information content (AvgIpc) is 3.17. The van der Waals surface area contributed by atoms with E-state index in [4.69, 9.17) is 4.74 Å². The summed E-state index contributed by atoms with van der Waals surface area (Å²) in [5.74, 6) is -1.10. The number of hydrogen-bond acceptors (Lipinski definition) is 6. The molecule has 0 spiro atoms. The quantitative estimate of drug-likeness (QED) is 0.392. The molecule has 0 unspecified atom stereocenters. The van der Waals surface area contributed by atoms with E-state index in [1.54, 1.807) is 28.9 Å². The summed E-state index contributed by atoms with van der Waals surface area (Å²) in [6.45, 7) is 7.47. The predicted octanol–water partition coefficient (Wildman–Crippen LogP) is 3.59. The van der Waals surface area contributed by atoms with Crippen LogP contribution in [-0.2, 0) is 15.1 Å². The number of benzene rings is 1. The molecule has 8 heteroatoms. The van der Waals surface area contributed by atoms with Crippen molar-refractivity contribution in [1.82, 2.24) is 15.0 Å². The SMILES string of the molecule is CCCCCC(=O)Nc1ccc(C(=O)COC(=O)c2cn(C(C)(C)C)nn2)cc1. The molecular formula is C21H28N4O4. The molecular weight excluding hydrogens is 372 g/mol. The summed E-state index contributed by atoms with van der Waals surface area (Å²) in [5.41, 5.74) is 0.752. The normalized spacial score (nSPS) is 11.2. The maximum Gasteiger partial charge on any atom is 0.360 e. The molecule has 1 aromatic carbocycles. The van der Waals surface area contributed by atoms with Crippen LogP contribution in [0.15, 0.2) is 30.5 Å². The second-order valence-electron chi connectivity index (χ2n) is 7.80. The maximum absolute atomic E-state index is 12.2. The third-order valence-electron chi connectivity index (χ3n) is 4.22. The Labute approximate surface area is 170 Å². The number of esters is 1. The van der Waals surface area contributed by atoms with Gasteiger partial charge in [-0.3, -0.25) is 9.59 Å². The van der Waals surface area contributed by atoms with E-state index in [0.29, 0.717) is 17.7 Å². The number of carbonyl (C=O) groups excluding carboxylic acids is 3. The van der Waals surface area contributed by atoms with Gasteiger partial charge < -0.3 is 10.1 Å². The zero-order chi connectivity index (χ0) is 21.4. The molecule has 1 N–H and O–H groups in total. The van der Waals surface area contributed by atoms with Crippen molar-refractivity contribution < 1.29 is 19.1 Å². The van der Waals surface area contributed by atoms with Crippen molar-refractivity contribution in [2.24, 2.45) is 0 Å². The van der Waals surface area contributed by atoms with E-state index in [1.165, 1.54) is 6.20 Å². The zero-order valence-corrected chi connectivity index (χ0v) is 17.4. The van der Waals surface area contributed by atoms with Gasteiger partial charge in [0.15, 0.2) is 18.1 Å². The van der Waals surface area contributed by atoms with Gasteiger partial charge in [0, 0.05) is 17.7 Å². The van der Waals surface area contributed by atoms with Gasteiger partial charge in [-0.2, -0.15) is 0 Å². The van der Waals surface area contributed by atoms with Crippen molar-refractivity contribution in [2.45, 2.75) is 58.9 Å². The standard InChI is InChI=1S/C21H28N4O4/c1-5-6-7-8-19(27)22-16-11-9-15(10-12-16)18(26)14-29-20(28)17-13-25(24-23-17)21(2,3)4/h9-13H,5-8,14H2,1-4H3,(H,22,27). The van der Waals surface area contributed by atoms with E-state index >= 15 is 0 Å². The number of anilines is 1. The number of ether oxygens (including phenoxy) is 1. The number of amides is 1. The second-order valence-corrected chi connectivity index (χ2v) is 7.80. The molecule has 1 heterocycles. The van der Waals surface area contributed by atoms with Crippen molar-refractivity contribution in [3.8, 4) is 0 Å². The minimum atomic E-state index is -0.704. The van der Waals surface area contributed by atoms with E-state index < -0.39 is 12.6 Å². The lowest BCUT2D eigenvalue weighted by Gasteiger charge is -2.17. The first-order valence-corrected chi connectivity index (χ1v) is 9.73. The Morgan fingerprint density at radius 3 is 2.38 bits per heavy atom. The smallest absolute Gasteiger partial charge is 0.360 e. The lowest BCUT2D eigenvalue weighted by Crippen LogP contribution is -2.22. The molecule has 2 rings (SSSR count). The third-order valence-corrected chi connectivity index (χ3v) is 4.22. The Kier molecular flexibility index (Phi) is 7.64. The Bertz CT molecular complexity index is 850. The molecule has 0 aliphatic rings. The van der Waals surface area contributed by atoms with E-state index in [0.717, 1.165) is 19.3 Å². The summed E-state index contributed by atoms with van der Waals surface area (Å²) in [7, 11) is 0. The minimum Gasteiger partial charge on any atom is -0.452 e. The average molecular weight is 400 g/mol. The summed E-state index contributed by atoms with van der Waals surface area (Å²) in [6, 6.07) is 6.49. The number of aromatic nitrogens is 3. The van der Waals surface area contributed by atoms with Crippen molar-refractivity contribution in [2.75, 3.05) is 11.9 Å². The summed E-state index contributed by atoms with van der Waals surface area (Å²) < 4.78 is 6.60. The number of Topliss-reactive ketones (excluding diaryl/α,β-unsaturated/α-hetero) is 1. The monoisotopic (exact) mass is 400 g/mol. The lowest BCUT2D eigenvalue weighted by molar-refractivity contribution is -0.116. The largest absolute Gasteiger partial charge is 0.452 e. The number of nitrogens with zero attached hydrogens (tertiary/aromatic N) is 3. The third kappa shape index (κ3) is 6.81. The Balaban J connectivity index is 1.85. The number of nitrogens with one attached hydrogen (secondary N) is 1. The molecule has 0 fully saturated rings. The van der Waals surface area contributed by atoms with Crippen LogP contribution in [-0.4, -0.2) is 39.3 Å². The molecule has 0 atom stereocenters. The van der Waals surface area contributed by atoms with Crippen molar-refractivity contribution in [1.29, 1.82) is 0 Å². The molecule has 0 aliphatic carbocycles. The predicted molar refractivity (Wildman–Crippen MR) is 109 cm³/mol. The fraction of sp³-hybridized carbons (Fsp3) is 0.476. The lowest BCUT2D eigenvalue weighted by atomic mass is 10.1. The van der Waals surface area contributed by atoms with Crippen molar-refractivity contribution >= 4 is 23.3 Å². The number of hydrogen-bond donors (Lipinski definition) is 1. The van der Waals surface area contributed by atoms with Crippen LogP contribution in [0.5, 0.6) is 0 Å². The summed E-state index contributed by atoms with van der Waals surface area (Å²) >= 11 is 0. The maximum atomic E-state index is 12.2. The van der Waals surface area contributed by atoms with Gasteiger partial charge >= 0.3 is 5.97 Å². The summed E-state index contributed by atoms with van der Waals surface area (Å²) in [4.78, 5) is 36.1. The van der Waals surface area contributed by atoms with E-state index in [9.17, 15) is 14.4 Å². The fourth-order valence-corrected chi connectivity index (χ4v) is 2.47. The van der Waals surface area contributed by atoms with Crippen LogP contribution in [0.25, 0.3) is 0 Å². The number of ketones is 1. The van der Waals surface area contributed by atoms with Crippen LogP contribution in [0.4, 0.5) is 5.69 Å². The topological polar surface area (TPSA) is 103 Å². The molecule has 0 aliphatic heterocycles. The van der Waals surface area contributed by atoms with Gasteiger partial charge in [0.2, 0.25) is 5.91 Å². The highest BCUT2D eigenvalue weighted by molar-refractivity contribution is 5.99. The van der Waals surface area contributed by atoms with Gasteiger partial charge in [-0.25, -0.2) is 9.48 Å². The molecule has 0 radical (unpaired) electrons. The molecule has 8 nitrogen and oxygen atoms in total. The Hall–Kier alpha value is -3.03. The van der Waals surface area contributed by atoms with Crippen molar-refractivity contribution in [3.63, 3.8) is 0 Å². The van der Waals surface area contributed by atoms with Gasteiger partial charge in [0.25, 0.3) is 0 Å². The van der Waals surface area contributed by atoms with Gasteiger partial charge in [0.05, 0.1) is 11.7 Å². The highest BCUT2D eigenvalue weighted by Gasteiger charge is 2.20. The fourth-order valence-electron chi connectivity index (χ4n) is 2.47. The Morgan fingerprint density at radius 1 is 1.10 bits per heavy atom. The Morgan fingerprint density at radius 2 is 1.79 bits per heavy atom. The molecule has 0 bridgehead atoms. The van der Waals surface area contributed by atoms with Gasteiger partial charge in [0.1, 0.15) is 0 Å². The highest BCUT2D eigenvalue weighted by Crippen LogP contribution is 2.13. The van der Waals surface area contributed by atoms with Gasteiger partial charge in [-0.1, -0.05) is 25.0 Å². The number of rotatable bonds is 9. The molecule has 1 aromatic heterocycles. The molecule has 156 valence electrons. The first-order chi connectivity index (χ1) is 13.7. The zero-order valence-electron chi connectivity index (χ0n) is 17.4. The van der Waals surface area contributed by atoms with Crippen LogP contribution in [0.2, 0.25) is 0 Å².